The van der Waals surface area contributed by atoms with Crippen molar-refractivity contribution in [1.29, 1.82) is 0 Å². The molecule has 74 heavy (non-hydrogen) atoms. The summed E-state index contributed by atoms with van der Waals surface area (Å²) in [6.45, 7) is 17.4. The number of halogens is 1. The number of hydrogen-bond acceptors (Lipinski definition) is 18. The molecule has 0 unspecified atom stereocenters. The fourth-order valence-electron chi connectivity index (χ4n) is 11.2. The monoisotopic (exact) mass is 1070 g/mol. The number of aromatic nitrogens is 3. The first-order valence-electron chi connectivity index (χ1n) is 26.2. The first-order valence-corrected chi connectivity index (χ1v) is 27.6. The number of nitrogens with zero attached hydrogens (tertiary/aromatic N) is 6. The lowest BCUT2D eigenvalue weighted by Crippen LogP contribution is -2.61. The van der Waals surface area contributed by atoms with Crippen molar-refractivity contribution in [2.24, 2.45) is 17.8 Å². The first kappa shape index (κ1) is 62.0. The van der Waals surface area contributed by atoms with E-state index in [1.165, 1.54) is 44.9 Å². The molecule has 424 valence electrons. The smallest absolute Gasteiger partial charge is 0.311 e. The molecule has 1 aromatic heterocycles. The quantitative estimate of drug-likeness (QED) is 0.152. The summed E-state index contributed by atoms with van der Waals surface area (Å²) in [6.07, 6.45) is -7.26. The summed E-state index contributed by atoms with van der Waals surface area (Å²) < 4.78 is 80.4. The van der Waals surface area contributed by atoms with Gasteiger partial charge in [0.05, 0.1) is 58.2 Å². The minimum absolute atomic E-state index is 0.0755. The Hall–Kier alpha value is -2.81. The fourth-order valence-corrected chi connectivity index (χ4v) is 12.1. The van der Waals surface area contributed by atoms with Crippen LogP contribution in [-0.2, 0) is 56.1 Å². The zero-order valence-corrected chi connectivity index (χ0v) is 47.2. The standard InChI is InChI=1S/C52H89FN6O14S/c1-16-41-52(10,65)45(61)34(6)58(14)28-30(2)25-50(8,64)47(32(4)44(33(5)48(63)71-41)72-42-26-51(9,68-15)46(62)35(7)70-42)73-49-43(60)40(23-31(3)69-49)57(13)22-21-37-29-59(55-54-37)38(27-53)24-36-17-19-39(20-18-36)74(66,67)56(11)12/h17-20,29-35,38,40-47,49,60-62,64-65H,16,21-28H2,1-15H3/t30-,31-,32+,33-,34-,35+,38+,40+,41-,42+,43-,44+,45-,46+,47-,49+,50-,51-,52-/m1/s1. The maximum atomic E-state index is 14.5. The maximum absolute atomic E-state index is 14.5. The number of carbonyl (C=O) groups excluding carboxylic acids is 1. The second kappa shape index (κ2) is 25.3. The zero-order valence-electron chi connectivity index (χ0n) is 46.4. The highest BCUT2D eigenvalue weighted by atomic mass is 32.2. The largest absolute Gasteiger partial charge is 0.459 e. The van der Waals surface area contributed by atoms with Crippen molar-refractivity contribution in [3.8, 4) is 0 Å². The van der Waals surface area contributed by atoms with Crippen molar-refractivity contribution in [3.63, 3.8) is 0 Å². The molecular formula is C52H89FN6O14S. The molecule has 5 N–H and O–H groups in total. The van der Waals surface area contributed by atoms with Crippen LogP contribution >= 0.6 is 0 Å². The molecule has 4 heterocycles. The molecule has 0 saturated carbocycles. The van der Waals surface area contributed by atoms with Crippen LogP contribution in [0.25, 0.3) is 0 Å². The van der Waals surface area contributed by atoms with E-state index in [1.54, 1.807) is 66.8 Å². The molecule has 19 atom stereocenters. The number of esters is 1. The number of ether oxygens (including phenoxy) is 6. The van der Waals surface area contributed by atoms with Crippen LogP contribution in [-0.4, -0.2) is 214 Å². The van der Waals surface area contributed by atoms with Gasteiger partial charge < -0.3 is 63.8 Å². The highest BCUT2D eigenvalue weighted by Crippen LogP contribution is 2.40. The van der Waals surface area contributed by atoms with Gasteiger partial charge in [-0.15, -0.1) is 5.10 Å². The molecule has 0 amide bonds. The van der Waals surface area contributed by atoms with Gasteiger partial charge in [0, 0.05) is 71.3 Å². The number of rotatable bonds is 16. The summed E-state index contributed by atoms with van der Waals surface area (Å²) in [5.41, 5.74) is -3.29. The Labute approximate surface area is 438 Å². The average molecular weight is 1070 g/mol. The fraction of sp³-hybridized carbons (Fsp3) is 0.827. The molecule has 0 spiro atoms. The average Bonchev–Trinajstić information content (AvgIpc) is 3.82. The Kier molecular flexibility index (Phi) is 21.2. The van der Waals surface area contributed by atoms with Gasteiger partial charge in [0.15, 0.2) is 12.6 Å². The minimum Gasteiger partial charge on any atom is -0.459 e. The molecule has 22 heteroatoms. The van der Waals surface area contributed by atoms with Crippen LogP contribution in [0.2, 0.25) is 0 Å². The SMILES string of the molecule is CC[C@H]1OC(=O)[C@H](C)[C@@H](O[C@H]2C[C@@](C)(OC)[C@@H](O)[C@H](C)O2)[C@H](C)[C@@H](O[C@@H]2O[C@H](C)C[C@H](N(C)CCc3cn([C@H](CF)Cc4ccc(S(=O)(=O)N(C)C)cc4)nn3)[C@H]2O)[C@](C)(O)C[C@@H](C)CN(C)[C@H](C)[C@@H](O)[C@]1(C)O. The number of likely N-dealkylation sites (N-methyl/N-ethyl adjacent to an activating group) is 2. The van der Waals surface area contributed by atoms with Crippen LogP contribution < -0.4 is 0 Å². The molecule has 3 saturated heterocycles. The number of sulfonamides is 1. The number of aliphatic hydroxyl groups excluding tert-OH is 3. The predicted octanol–water partition coefficient (Wildman–Crippen LogP) is 3.11. The second-order valence-electron chi connectivity index (χ2n) is 22.6. The van der Waals surface area contributed by atoms with Gasteiger partial charge in [0.1, 0.15) is 36.7 Å². The predicted molar refractivity (Wildman–Crippen MR) is 273 cm³/mol. The molecule has 5 rings (SSSR count). The van der Waals surface area contributed by atoms with Gasteiger partial charge in [0.25, 0.3) is 0 Å². The Bertz CT molecular complexity index is 2210. The second-order valence-corrected chi connectivity index (χ2v) is 24.7. The molecule has 0 radical (unpaired) electrons. The van der Waals surface area contributed by atoms with Crippen LogP contribution in [0.15, 0.2) is 35.4 Å². The summed E-state index contributed by atoms with van der Waals surface area (Å²) in [4.78, 5) is 18.5. The number of hydrogen-bond donors (Lipinski definition) is 5. The molecular weight excluding hydrogens is 984 g/mol. The van der Waals surface area contributed by atoms with Gasteiger partial charge in [-0.3, -0.25) is 4.79 Å². The van der Waals surface area contributed by atoms with Crippen molar-refractivity contribution in [2.75, 3.05) is 55.1 Å². The summed E-state index contributed by atoms with van der Waals surface area (Å²) in [6, 6.07) is 4.54. The third kappa shape index (κ3) is 14.3. The lowest BCUT2D eigenvalue weighted by Gasteiger charge is -2.49. The van der Waals surface area contributed by atoms with Crippen molar-refractivity contribution in [1.82, 2.24) is 29.1 Å². The van der Waals surface area contributed by atoms with Gasteiger partial charge in [-0.2, -0.15) is 0 Å². The van der Waals surface area contributed by atoms with E-state index in [0.29, 0.717) is 31.6 Å². The normalized spacial score (nSPS) is 39.1. The molecule has 3 aliphatic rings. The molecule has 0 aliphatic carbocycles. The number of benzene rings is 1. The van der Waals surface area contributed by atoms with E-state index in [2.05, 4.69) is 10.3 Å². The highest BCUT2D eigenvalue weighted by Gasteiger charge is 2.53. The number of aliphatic hydroxyl groups is 5. The van der Waals surface area contributed by atoms with E-state index in [0.717, 1.165) is 9.87 Å². The molecule has 3 aliphatic heterocycles. The van der Waals surface area contributed by atoms with Crippen molar-refractivity contribution < 1.29 is 71.6 Å². The first-order chi connectivity index (χ1) is 34.4. The van der Waals surface area contributed by atoms with Gasteiger partial charge in [0.2, 0.25) is 10.0 Å². The van der Waals surface area contributed by atoms with Crippen LogP contribution in [0.5, 0.6) is 0 Å². The van der Waals surface area contributed by atoms with E-state index in [9.17, 15) is 43.1 Å². The molecule has 2 aromatic rings. The van der Waals surface area contributed by atoms with Gasteiger partial charge in [-0.1, -0.05) is 38.1 Å². The molecule has 3 fully saturated rings. The van der Waals surface area contributed by atoms with Gasteiger partial charge in [-0.05, 0) is 112 Å². The zero-order chi connectivity index (χ0) is 55.4. The van der Waals surface area contributed by atoms with E-state index in [1.807, 2.05) is 37.7 Å². The van der Waals surface area contributed by atoms with Gasteiger partial charge in [-0.25, -0.2) is 21.8 Å². The van der Waals surface area contributed by atoms with Gasteiger partial charge >= 0.3 is 5.97 Å². The highest BCUT2D eigenvalue weighted by molar-refractivity contribution is 7.89. The van der Waals surface area contributed by atoms with Crippen LogP contribution in [0.4, 0.5) is 4.39 Å². The number of methoxy groups -OCH3 is 1. The molecule has 1 aromatic carbocycles. The van der Waals surface area contributed by atoms with E-state index in [-0.39, 0.29) is 36.5 Å². The van der Waals surface area contributed by atoms with Crippen molar-refractivity contribution in [2.45, 2.75) is 209 Å². The summed E-state index contributed by atoms with van der Waals surface area (Å²) in [5.74, 6) is -2.91. The summed E-state index contributed by atoms with van der Waals surface area (Å²) >= 11 is 0. The third-order valence-electron chi connectivity index (χ3n) is 16.1. The minimum atomic E-state index is -3.62. The Morgan fingerprint density at radius 2 is 1.61 bits per heavy atom. The van der Waals surface area contributed by atoms with Crippen LogP contribution in [0.1, 0.15) is 112 Å². The Morgan fingerprint density at radius 1 is 0.959 bits per heavy atom. The Morgan fingerprint density at radius 3 is 2.20 bits per heavy atom. The number of cyclic esters (lactones) is 1. The third-order valence-corrected chi connectivity index (χ3v) is 17.9. The van der Waals surface area contributed by atoms with E-state index in [4.69, 9.17) is 28.4 Å². The van der Waals surface area contributed by atoms with Crippen molar-refractivity contribution >= 4 is 16.0 Å². The van der Waals surface area contributed by atoms with Crippen LogP contribution in [0.3, 0.4) is 0 Å². The summed E-state index contributed by atoms with van der Waals surface area (Å²) in [5, 5.41) is 68.3. The lowest BCUT2D eigenvalue weighted by molar-refractivity contribution is -0.318. The number of carbonyl (C=O) groups is 1. The maximum Gasteiger partial charge on any atom is 0.311 e. The molecule has 0 bridgehead atoms. The van der Waals surface area contributed by atoms with Crippen LogP contribution in [0, 0.1) is 17.8 Å². The topological polar surface area (TPSA) is 248 Å². The molecule has 20 nitrogen and oxygen atoms in total. The Balaban J connectivity index is 1.42. The number of alkyl halides is 1. The lowest BCUT2D eigenvalue weighted by atomic mass is 9.77. The summed E-state index contributed by atoms with van der Waals surface area (Å²) in [7, 11) is 4.47. The van der Waals surface area contributed by atoms with E-state index >= 15 is 0 Å². The van der Waals surface area contributed by atoms with E-state index < -0.39 is 131 Å². The van der Waals surface area contributed by atoms with Crippen molar-refractivity contribution in [3.05, 3.63) is 41.7 Å².